The smallest absolute Gasteiger partial charge is 0.338 e. The molecule has 1 atom stereocenters. The summed E-state index contributed by atoms with van der Waals surface area (Å²) in [5.74, 6) is -1.16. The summed E-state index contributed by atoms with van der Waals surface area (Å²) in [6, 6.07) is 11.6. The van der Waals surface area contributed by atoms with E-state index >= 15 is 0 Å². The van der Waals surface area contributed by atoms with Gasteiger partial charge in [0, 0.05) is 24.8 Å². The second kappa shape index (κ2) is 8.79. The Kier molecular flexibility index (Phi) is 5.91. The van der Waals surface area contributed by atoms with Gasteiger partial charge in [-0.2, -0.15) is 0 Å². The Morgan fingerprint density at radius 2 is 2.06 bits per heavy atom. The molecule has 3 aromatic rings. The van der Waals surface area contributed by atoms with E-state index < -0.39 is 17.5 Å². The number of carbonyl (C=O) groups is 2. The van der Waals surface area contributed by atoms with Crippen LogP contribution >= 0.6 is 11.8 Å². The summed E-state index contributed by atoms with van der Waals surface area (Å²) in [6.45, 7) is 1.47. The molecule has 0 saturated heterocycles. The summed E-state index contributed by atoms with van der Waals surface area (Å²) < 4.78 is 6.80. The molecule has 0 fully saturated rings. The molecule has 1 aliphatic heterocycles. The van der Waals surface area contributed by atoms with Crippen LogP contribution in [0.1, 0.15) is 22.8 Å². The van der Waals surface area contributed by atoms with E-state index in [0.29, 0.717) is 10.1 Å². The number of aryl methyl sites for hydroxylation is 1. The van der Waals surface area contributed by atoms with Gasteiger partial charge in [0.15, 0.2) is 11.8 Å². The van der Waals surface area contributed by atoms with Gasteiger partial charge >= 0.3 is 5.97 Å². The Morgan fingerprint density at radius 3 is 2.78 bits per heavy atom. The lowest BCUT2D eigenvalue weighted by Gasteiger charge is -2.22. The molecule has 0 radical (unpaired) electrons. The minimum Gasteiger partial charge on any atom is -0.452 e. The lowest BCUT2D eigenvalue weighted by atomic mass is 10.1. The highest BCUT2D eigenvalue weighted by Gasteiger charge is 2.31. The molecule has 2 heterocycles. The third kappa shape index (κ3) is 4.19. The number of fused-ring (bicyclic) bond motifs is 1. The van der Waals surface area contributed by atoms with Gasteiger partial charge < -0.3 is 14.2 Å². The van der Waals surface area contributed by atoms with Crippen molar-refractivity contribution < 1.29 is 19.2 Å². The van der Waals surface area contributed by atoms with Crippen molar-refractivity contribution in [3.63, 3.8) is 0 Å². The maximum atomic E-state index is 12.7. The largest absolute Gasteiger partial charge is 0.452 e. The molecule has 32 heavy (non-hydrogen) atoms. The number of benzene rings is 2. The van der Waals surface area contributed by atoms with Crippen molar-refractivity contribution in [3.05, 3.63) is 70.0 Å². The molecule has 11 heteroatoms. The number of esters is 1. The number of nitro groups is 1. The van der Waals surface area contributed by atoms with Crippen LogP contribution in [-0.2, 0) is 23.0 Å². The van der Waals surface area contributed by atoms with E-state index in [9.17, 15) is 19.7 Å². The highest BCUT2D eigenvalue weighted by Crippen LogP contribution is 2.34. The number of rotatable bonds is 6. The summed E-state index contributed by atoms with van der Waals surface area (Å²) in [6.07, 6.45) is 2.21. The second-order valence-corrected chi connectivity index (χ2v) is 8.30. The first kappa shape index (κ1) is 21.5. The van der Waals surface area contributed by atoms with Gasteiger partial charge in [0.25, 0.3) is 11.6 Å². The predicted molar refractivity (Wildman–Crippen MR) is 116 cm³/mol. The average molecular weight is 453 g/mol. The zero-order chi connectivity index (χ0) is 22.8. The van der Waals surface area contributed by atoms with Crippen LogP contribution in [0.15, 0.2) is 58.8 Å². The van der Waals surface area contributed by atoms with Crippen molar-refractivity contribution in [1.29, 1.82) is 0 Å². The number of aromatic nitrogens is 3. The zero-order valence-electron chi connectivity index (χ0n) is 17.3. The molecule has 1 aromatic heterocycles. The Bertz CT molecular complexity index is 1210. The molecule has 0 saturated carbocycles. The second-order valence-electron chi connectivity index (χ2n) is 7.29. The molecular weight excluding hydrogens is 434 g/mol. The van der Waals surface area contributed by atoms with E-state index in [1.54, 1.807) is 16.5 Å². The van der Waals surface area contributed by atoms with E-state index in [0.717, 1.165) is 35.5 Å². The van der Waals surface area contributed by atoms with Crippen molar-refractivity contribution in [3.8, 4) is 0 Å². The third-order valence-corrected chi connectivity index (χ3v) is 6.18. The fourth-order valence-corrected chi connectivity index (χ4v) is 4.41. The van der Waals surface area contributed by atoms with Gasteiger partial charge in [0.2, 0.25) is 0 Å². The van der Waals surface area contributed by atoms with Crippen molar-refractivity contribution in [2.24, 2.45) is 7.05 Å². The molecule has 0 bridgehead atoms. The Balaban J connectivity index is 1.46. The molecule has 164 valence electrons. The van der Waals surface area contributed by atoms with Gasteiger partial charge in [-0.3, -0.25) is 14.9 Å². The third-order valence-electron chi connectivity index (χ3n) is 5.07. The van der Waals surface area contributed by atoms with Crippen molar-refractivity contribution in [2.45, 2.75) is 29.4 Å². The maximum absolute atomic E-state index is 12.7. The van der Waals surface area contributed by atoms with Gasteiger partial charge in [-0.1, -0.05) is 18.2 Å². The van der Waals surface area contributed by atoms with Crippen LogP contribution in [0.3, 0.4) is 0 Å². The van der Waals surface area contributed by atoms with E-state index in [2.05, 4.69) is 10.2 Å². The minimum absolute atomic E-state index is 0.0123. The monoisotopic (exact) mass is 453 g/mol. The SMILES string of the molecule is CC1Cc2ccccc2N1C(=O)COC(=O)c1ccc(Sc2nncn2C)c([N+](=O)[O-])c1. The number of nitrogens with zero attached hydrogens (tertiary/aromatic N) is 5. The Labute approximate surface area is 187 Å². The minimum atomic E-state index is -0.809. The quantitative estimate of drug-likeness (QED) is 0.317. The van der Waals surface area contributed by atoms with Crippen LogP contribution in [0.25, 0.3) is 0 Å². The van der Waals surface area contributed by atoms with Gasteiger partial charge in [0.05, 0.1) is 15.4 Å². The van der Waals surface area contributed by atoms with Crippen LogP contribution in [0, 0.1) is 10.1 Å². The first-order chi connectivity index (χ1) is 15.3. The normalized spacial score (nSPS) is 14.8. The Morgan fingerprint density at radius 1 is 1.28 bits per heavy atom. The number of hydrogen-bond donors (Lipinski definition) is 0. The summed E-state index contributed by atoms with van der Waals surface area (Å²) in [7, 11) is 1.72. The zero-order valence-corrected chi connectivity index (χ0v) is 18.1. The van der Waals surface area contributed by atoms with Crippen LogP contribution < -0.4 is 4.90 Å². The maximum Gasteiger partial charge on any atom is 0.338 e. The van der Waals surface area contributed by atoms with Crippen LogP contribution in [0.4, 0.5) is 11.4 Å². The fraction of sp³-hybridized carbons (Fsp3) is 0.238. The molecular formula is C21H19N5O5S. The number of nitro benzene ring substituents is 1. The van der Waals surface area contributed by atoms with Crippen molar-refractivity contribution >= 4 is 35.0 Å². The van der Waals surface area contributed by atoms with Crippen LogP contribution in [0.2, 0.25) is 0 Å². The van der Waals surface area contributed by atoms with Crippen LogP contribution in [0.5, 0.6) is 0 Å². The number of ether oxygens (including phenoxy) is 1. The summed E-state index contributed by atoms with van der Waals surface area (Å²) in [4.78, 5) is 38.1. The number of para-hydroxylation sites is 1. The van der Waals surface area contributed by atoms with E-state index in [1.807, 2.05) is 31.2 Å². The van der Waals surface area contributed by atoms with Crippen LogP contribution in [-0.4, -0.2) is 44.2 Å². The molecule has 10 nitrogen and oxygen atoms in total. The number of hydrogen-bond acceptors (Lipinski definition) is 8. The first-order valence-electron chi connectivity index (χ1n) is 9.72. The lowest BCUT2D eigenvalue weighted by molar-refractivity contribution is -0.387. The molecule has 0 aliphatic carbocycles. The standard InChI is InChI=1S/C21H19N5O5S/c1-13-9-14-5-3-4-6-16(14)25(13)19(27)11-31-20(28)15-7-8-18(17(10-15)26(29)30)32-21-23-22-12-24(21)2/h3-8,10,12-13H,9,11H2,1-2H3. The summed E-state index contributed by atoms with van der Waals surface area (Å²) in [5.41, 5.74) is 1.59. The molecule has 1 unspecified atom stereocenters. The highest BCUT2D eigenvalue weighted by atomic mass is 32.2. The highest BCUT2D eigenvalue weighted by molar-refractivity contribution is 7.99. The average Bonchev–Trinajstić information content (AvgIpc) is 3.33. The summed E-state index contributed by atoms with van der Waals surface area (Å²) >= 11 is 1.06. The van der Waals surface area contributed by atoms with Gasteiger partial charge in [-0.05, 0) is 48.9 Å². The lowest BCUT2D eigenvalue weighted by Crippen LogP contribution is -2.38. The fourth-order valence-electron chi connectivity index (χ4n) is 3.56. The molecule has 0 spiro atoms. The van der Waals surface area contributed by atoms with Gasteiger partial charge in [0.1, 0.15) is 6.33 Å². The number of carbonyl (C=O) groups excluding carboxylic acids is 2. The van der Waals surface area contributed by atoms with E-state index in [-0.39, 0.29) is 23.2 Å². The molecule has 0 N–H and O–H groups in total. The Hall–Kier alpha value is -3.73. The van der Waals surface area contributed by atoms with E-state index in [1.165, 1.54) is 18.5 Å². The van der Waals surface area contributed by atoms with Crippen molar-refractivity contribution in [1.82, 2.24) is 14.8 Å². The first-order valence-corrected chi connectivity index (χ1v) is 10.5. The molecule has 4 rings (SSSR count). The van der Waals surface area contributed by atoms with Gasteiger partial charge in [-0.25, -0.2) is 4.79 Å². The topological polar surface area (TPSA) is 120 Å². The molecule has 1 amide bonds. The van der Waals surface area contributed by atoms with Crippen molar-refractivity contribution in [2.75, 3.05) is 11.5 Å². The van der Waals surface area contributed by atoms with E-state index in [4.69, 9.17) is 4.74 Å². The number of anilines is 1. The molecule has 2 aromatic carbocycles. The predicted octanol–water partition coefficient (Wildman–Crippen LogP) is 3.01. The number of amides is 1. The summed E-state index contributed by atoms with van der Waals surface area (Å²) in [5, 5.41) is 19.6. The molecule has 1 aliphatic rings. The van der Waals surface area contributed by atoms with Gasteiger partial charge in [-0.15, -0.1) is 10.2 Å².